The summed E-state index contributed by atoms with van der Waals surface area (Å²) in [6, 6.07) is 13.2. The summed E-state index contributed by atoms with van der Waals surface area (Å²) in [5.74, 6) is 0.698. The lowest BCUT2D eigenvalue weighted by molar-refractivity contribution is -0.114. The number of nitrogens with zero attached hydrogens (tertiary/aromatic N) is 1. The summed E-state index contributed by atoms with van der Waals surface area (Å²) in [6.07, 6.45) is 2.47. The fourth-order valence-corrected chi connectivity index (χ4v) is 3.31. The molecule has 4 nitrogen and oxygen atoms in total. The van der Waals surface area contributed by atoms with Crippen LogP contribution < -0.4 is 15.5 Å². The SMILES string of the molecule is CC1CCN(c2ccc(NC(=O)CNc3ccc(Cl)c(Cl)c3)cc2)CC1. The average molecular weight is 392 g/mol. The number of amides is 1. The Labute approximate surface area is 164 Å². The lowest BCUT2D eigenvalue weighted by atomic mass is 9.99. The lowest BCUT2D eigenvalue weighted by Crippen LogP contribution is -2.32. The minimum absolute atomic E-state index is 0.115. The van der Waals surface area contributed by atoms with Gasteiger partial charge in [-0.25, -0.2) is 0 Å². The van der Waals surface area contributed by atoms with E-state index in [0.717, 1.165) is 30.4 Å². The molecule has 2 aromatic carbocycles. The molecule has 0 bridgehead atoms. The lowest BCUT2D eigenvalue weighted by Gasteiger charge is -2.32. The van der Waals surface area contributed by atoms with Crippen LogP contribution in [-0.2, 0) is 4.79 Å². The smallest absolute Gasteiger partial charge is 0.243 e. The second kappa shape index (κ2) is 8.65. The van der Waals surface area contributed by atoms with E-state index in [1.165, 1.54) is 18.5 Å². The Kier molecular flexibility index (Phi) is 6.28. The maximum Gasteiger partial charge on any atom is 0.243 e. The maximum atomic E-state index is 12.1. The highest BCUT2D eigenvalue weighted by atomic mass is 35.5. The Morgan fingerprint density at radius 2 is 1.69 bits per heavy atom. The van der Waals surface area contributed by atoms with Gasteiger partial charge in [0.1, 0.15) is 0 Å². The highest BCUT2D eigenvalue weighted by molar-refractivity contribution is 6.42. The van der Waals surface area contributed by atoms with Crippen LogP contribution in [0.5, 0.6) is 0 Å². The molecular weight excluding hydrogens is 369 g/mol. The first-order valence-corrected chi connectivity index (χ1v) is 9.60. The summed E-state index contributed by atoms with van der Waals surface area (Å²) in [7, 11) is 0. The van der Waals surface area contributed by atoms with Gasteiger partial charge in [0, 0.05) is 30.2 Å². The van der Waals surface area contributed by atoms with Crippen molar-refractivity contribution in [3.8, 4) is 0 Å². The molecule has 1 aliphatic rings. The predicted molar refractivity (Wildman–Crippen MR) is 111 cm³/mol. The van der Waals surface area contributed by atoms with Crippen molar-refractivity contribution in [2.45, 2.75) is 19.8 Å². The van der Waals surface area contributed by atoms with Crippen molar-refractivity contribution in [2.24, 2.45) is 5.92 Å². The molecule has 6 heteroatoms. The second-order valence-electron chi connectivity index (χ2n) is 6.75. The van der Waals surface area contributed by atoms with Gasteiger partial charge in [0.15, 0.2) is 0 Å². The van der Waals surface area contributed by atoms with E-state index in [9.17, 15) is 4.79 Å². The van der Waals surface area contributed by atoms with Gasteiger partial charge < -0.3 is 15.5 Å². The van der Waals surface area contributed by atoms with Gasteiger partial charge in [-0.05, 0) is 61.2 Å². The minimum Gasteiger partial charge on any atom is -0.376 e. The third-order valence-electron chi connectivity index (χ3n) is 4.67. The van der Waals surface area contributed by atoms with Gasteiger partial charge in [-0.15, -0.1) is 0 Å². The molecule has 1 fully saturated rings. The number of halogens is 2. The van der Waals surface area contributed by atoms with E-state index in [2.05, 4.69) is 34.6 Å². The van der Waals surface area contributed by atoms with Gasteiger partial charge in [-0.2, -0.15) is 0 Å². The quantitative estimate of drug-likeness (QED) is 0.728. The van der Waals surface area contributed by atoms with E-state index in [1.54, 1.807) is 18.2 Å². The van der Waals surface area contributed by atoms with Gasteiger partial charge in [0.25, 0.3) is 0 Å². The van der Waals surface area contributed by atoms with Crippen molar-refractivity contribution in [3.05, 3.63) is 52.5 Å². The van der Waals surface area contributed by atoms with Crippen molar-refractivity contribution in [1.29, 1.82) is 0 Å². The Morgan fingerprint density at radius 1 is 1.04 bits per heavy atom. The molecule has 0 atom stereocenters. The van der Waals surface area contributed by atoms with Crippen LogP contribution in [0.2, 0.25) is 10.0 Å². The first-order valence-electron chi connectivity index (χ1n) is 8.85. The predicted octanol–water partition coefficient (Wildman–Crippen LogP) is 5.28. The maximum absolute atomic E-state index is 12.1. The van der Waals surface area contributed by atoms with Crippen LogP contribution >= 0.6 is 23.2 Å². The molecular formula is C20H23Cl2N3O. The largest absolute Gasteiger partial charge is 0.376 e. The first-order chi connectivity index (χ1) is 12.5. The van der Waals surface area contributed by atoms with Crippen molar-refractivity contribution < 1.29 is 4.79 Å². The Hall–Kier alpha value is -1.91. The Balaban J connectivity index is 1.50. The zero-order valence-corrected chi connectivity index (χ0v) is 16.3. The van der Waals surface area contributed by atoms with Crippen LogP contribution in [0.3, 0.4) is 0 Å². The first kappa shape index (κ1) is 18.9. The molecule has 138 valence electrons. The van der Waals surface area contributed by atoms with Crippen LogP contribution in [-0.4, -0.2) is 25.5 Å². The normalized spacial score (nSPS) is 15.0. The number of carbonyl (C=O) groups is 1. The molecule has 2 N–H and O–H groups in total. The zero-order valence-electron chi connectivity index (χ0n) is 14.8. The van der Waals surface area contributed by atoms with E-state index in [-0.39, 0.29) is 12.5 Å². The van der Waals surface area contributed by atoms with Crippen molar-refractivity contribution >= 4 is 46.2 Å². The standard InChI is InChI=1S/C20H23Cl2N3O/c1-14-8-10-25(11-9-14)17-5-2-15(3-6-17)24-20(26)13-23-16-4-7-18(21)19(22)12-16/h2-7,12,14,23H,8-11,13H2,1H3,(H,24,26). The number of nitrogens with one attached hydrogen (secondary N) is 2. The molecule has 1 saturated heterocycles. The summed E-state index contributed by atoms with van der Waals surface area (Å²) < 4.78 is 0. The van der Waals surface area contributed by atoms with E-state index in [0.29, 0.717) is 10.0 Å². The number of carbonyl (C=O) groups excluding carboxylic acids is 1. The number of hydrogen-bond acceptors (Lipinski definition) is 3. The molecule has 0 aliphatic carbocycles. The van der Waals surface area contributed by atoms with E-state index in [4.69, 9.17) is 23.2 Å². The number of anilines is 3. The highest BCUT2D eigenvalue weighted by Crippen LogP contribution is 2.25. The molecule has 26 heavy (non-hydrogen) atoms. The van der Waals surface area contributed by atoms with Gasteiger partial charge in [-0.3, -0.25) is 4.79 Å². The van der Waals surface area contributed by atoms with Gasteiger partial charge >= 0.3 is 0 Å². The number of rotatable bonds is 5. The molecule has 0 unspecified atom stereocenters. The monoisotopic (exact) mass is 391 g/mol. The third-order valence-corrected chi connectivity index (χ3v) is 5.41. The summed E-state index contributed by atoms with van der Waals surface area (Å²) in [5, 5.41) is 6.88. The fraction of sp³-hybridized carbons (Fsp3) is 0.350. The van der Waals surface area contributed by atoms with Crippen molar-refractivity contribution in [3.63, 3.8) is 0 Å². The fourth-order valence-electron chi connectivity index (χ4n) is 3.02. The van der Waals surface area contributed by atoms with Gasteiger partial charge in [0.2, 0.25) is 5.91 Å². The summed E-state index contributed by atoms with van der Waals surface area (Å²) >= 11 is 11.9. The second-order valence-corrected chi connectivity index (χ2v) is 7.56. The van der Waals surface area contributed by atoms with Crippen LogP contribution in [0.4, 0.5) is 17.1 Å². The van der Waals surface area contributed by atoms with E-state index in [1.807, 2.05) is 12.1 Å². The Bertz CT molecular complexity index is 756. The van der Waals surface area contributed by atoms with Gasteiger partial charge in [-0.1, -0.05) is 30.1 Å². The highest BCUT2D eigenvalue weighted by Gasteiger charge is 2.15. The summed E-state index contributed by atoms with van der Waals surface area (Å²) in [5.41, 5.74) is 2.76. The summed E-state index contributed by atoms with van der Waals surface area (Å²) in [6.45, 7) is 4.66. The topological polar surface area (TPSA) is 44.4 Å². The van der Waals surface area contributed by atoms with Crippen LogP contribution in [0.25, 0.3) is 0 Å². The molecule has 1 heterocycles. The molecule has 0 spiro atoms. The van der Waals surface area contributed by atoms with Crippen LogP contribution in [0.1, 0.15) is 19.8 Å². The summed E-state index contributed by atoms with van der Waals surface area (Å²) in [4.78, 5) is 14.5. The molecule has 3 rings (SSSR count). The molecule has 0 radical (unpaired) electrons. The molecule has 2 aromatic rings. The molecule has 0 saturated carbocycles. The van der Waals surface area contributed by atoms with E-state index >= 15 is 0 Å². The third kappa shape index (κ3) is 5.05. The minimum atomic E-state index is -0.115. The van der Waals surface area contributed by atoms with Crippen LogP contribution in [0.15, 0.2) is 42.5 Å². The zero-order chi connectivity index (χ0) is 18.5. The van der Waals surface area contributed by atoms with Crippen molar-refractivity contribution in [2.75, 3.05) is 35.2 Å². The molecule has 0 aromatic heterocycles. The van der Waals surface area contributed by atoms with E-state index < -0.39 is 0 Å². The Morgan fingerprint density at radius 3 is 2.35 bits per heavy atom. The number of piperidine rings is 1. The van der Waals surface area contributed by atoms with Crippen molar-refractivity contribution in [1.82, 2.24) is 0 Å². The van der Waals surface area contributed by atoms with Crippen LogP contribution in [0, 0.1) is 5.92 Å². The number of benzene rings is 2. The molecule has 1 amide bonds. The molecule has 1 aliphatic heterocycles. The number of hydrogen-bond donors (Lipinski definition) is 2. The average Bonchev–Trinajstić information content (AvgIpc) is 2.64. The van der Waals surface area contributed by atoms with Gasteiger partial charge in [0.05, 0.1) is 16.6 Å².